The Morgan fingerprint density at radius 2 is 1.57 bits per heavy atom. The normalized spacial score (nSPS) is 14.6. The van der Waals surface area contributed by atoms with E-state index in [-0.39, 0.29) is 12.1 Å². The van der Waals surface area contributed by atoms with Crippen molar-refractivity contribution in [2.75, 3.05) is 46.8 Å². The summed E-state index contributed by atoms with van der Waals surface area (Å²) in [7, 11) is 1.70. The minimum Gasteiger partial charge on any atom is -0.394 e. The molecule has 0 rings (SSSR count). The fraction of sp³-hybridized carbons (Fsp3) is 1.00. The Kier molecular flexibility index (Phi) is 13.3. The lowest BCUT2D eigenvalue weighted by molar-refractivity contribution is 0.0379. The number of unbranched alkanes of at least 4 members (excludes halogenated alkanes) is 1. The Labute approximate surface area is 130 Å². The van der Waals surface area contributed by atoms with Gasteiger partial charge in [-0.25, -0.2) is 0 Å². The monoisotopic (exact) mass is 305 g/mol. The van der Waals surface area contributed by atoms with Crippen LogP contribution in [0.1, 0.15) is 46.5 Å². The van der Waals surface area contributed by atoms with Crippen LogP contribution in [0.15, 0.2) is 0 Å². The highest BCUT2D eigenvalue weighted by atomic mass is 16.5. The molecule has 0 radical (unpaired) electrons. The Hall–Kier alpha value is -0.200. The van der Waals surface area contributed by atoms with E-state index in [4.69, 9.17) is 14.2 Å². The number of hydrogen-bond donors (Lipinski definition) is 2. The molecule has 128 valence electrons. The fourth-order valence-electron chi connectivity index (χ4n) is 2.24. The van der Waals surface area contributed by atoms with E-state index in [2.05, 4.69) is 26.1 Å². The van der Waals surface area contributed by atoms with Crippen LogP contribution in [0, 0.1) is 0 Å². The summed E-state index contributed by atoms with van der Waals surface area (Å²) in [5.74, 6) is 0. The molecule has 0 aromatic carbocycles. The van der Waals surface area contributed by atoms with Crippen LogP contribution in [0.5, 0.6) is 0 Å². The second-order valence-corrected chi connectivity index (χ2v) is 6.05. The first-order valence-corrected chi connectivity index (χ1v) is 8.07. The summed E-state index contributed by atoms with van der Waals surface area (Å²) < 4.78 is 15.9. The minimum absolute atomic E-state index is 0.168. The van der Waals surface area contributed by atoms with E-state index in [0.29, 0.717) is 19.3 Å². The van der Waals surface area contributed by atoms with Crippen molar-refractivity contribution in [2.24, 2.45) is 0 Å². The van der Waals surface area contributed by atoms with Crippen LogP contribution in [0.25, 0.3) is 0 Å². The molecule has 1 unspecified atom stereocenters. The minimum atomic E-state index is -0.182. The van der Waals surface area contributed by atoms with Gasteiger partial charge in [-0.2, -0.15) is 0 Å². The van der Waals surface area contributed by atoms with Gasteiger partial charge in [-0.1, -0.05) is 13.8 Å². The highest BCUT2D eigenvalue weighted by Crippen LogP contribution is 2.14. The van der Waals surface area contributed by atoms with Crippen LogP contribution in [-0.4, -0.2) is 63.4 Å². The molecule has 0 aliphatic heterocycles. The quantitative estimate of drug-likeness (QED) is 0.453. The molecule has 21 heavy (non-hydrogen) atoms. The first kappa shape index (κ1) is 20.8. The van der Waals surface area contributed by atoms with E-state index in [1.165, 1.54) is 0 Å². The maximum Gasteiger partial charge on any atom is 0.0700 e. The van der Waals surface area contributed by atoms with Gasteiger partial charge >= 0.3 is 0 Å². The van der Waals surface area contributed by atoms with Crippen LogP contribution in [0.3, 0.4) is 0 Å². The lowest BCUT2D eigenvalue weighted by Gasteiger charge is -2.31. The van der Waals surface area contributed by atoms with Crippen LogP contribution < -0.4 is 5.32 Å². The molecular weight excluding hydrogens is 270 g/mol. The molecular formula is C16H35NO4. The van der Waals surface area contributed by atoms with Gasteiger partial charge in [0, 0.05) is 38.5 Å². The molecule has 0 bridgehead atoms. The van der Waals surface area contributed by atoms with Crippen molar-refractivity contribution in [2.45, 2.75) is 58.0 Å². The van der Waals surface area contributed by atoms with Crippen molar-refractivity contribution in [3.63, 3.8) is 0 Å². The molecule has 0 aliphatic rings. The number of ether oxygens (including phenoxy) is 3. The van der Waals surface area contributed by atoms with Gasteiger partial charge in [0.2, 0.25) is 0 Å². The lowest BCUT2D eigenvalue weighted by Crippen LogP contribution is -2.49. The van der Waals surface area contributed by atoms with Gasteiger partial charge in [-0.15, -0.1) is 0 Å². The SMILES string of the molecule is COCCCOCCOCCCCC(C)(CO)NC(C)C. The third-order valence-corrected chi connectivity index (χ3v) is 3.26. The number of rotatable bonds is 15. The van der Waals surface area contributed by atoms with E-state index in [1.807, 2.05) is 0 Å². The van der Waals surface area contributed by atoms with Gasteiger partial charge in [0.25, 0.3) is 0 Å². The Balaban J connectivity index is 3.38. The van der Waals surface area contributed by atoms with Crippen LogP contribution >= 0.6 is 0 Å². The molecule has 0 aromatic heterocycles. The van der Waals surface area contributed by atoms with Crippen LogP contribution in [0.2, 0.25) is 0 Å². The lowest BCUT2D eigenvalue weighted by atomic mass is 9.95. The third kappa shape index (κ3) is 13.2. The molecule has 0 amide bonds. The van der Waals surface area contributed by atoms with Crippen molar-refractivity contribution >= 4 is 0 Å². The first-order chi connectivity index (χ1) is 10.0. The van der Waals surface area contributed by atoms with E-state index in [1.54, 1.807) is 7.11 Å². The fourth-order valence-corrected chi connectivity index (χ4v) is 2.24. The molecule has 1 atom stereocenters. The van der Waals surface area contributed by atoms with Gasteiger partial charge < -0.3 is 24.6 Å². The second-order valence-electron chi connectivity index (χ2n) is 6.05. The molecule has 0 aromatic rings. The molecule has 2 N–H and O–H groups in total. The summed E-state index contributed by atoms with van der Waals surface area (Å²) in [6.45, 7) is 9.96. The zero-order valence-corrected chi connectivity index (χ0v) is 14.3. The predicted octanol–water partition coefficient (Wildman–Crippen LogP) is 1.98. The Bertz CT molecular complexity index is 226. The summed E-state index contributed by atoms with van der Waals surface area (Å²) in [4.78, 5) is 0. The maximum atomic E-state index is 9.48. The van der Waals surface area contributed by atoms with E-state index in [9.17, 15) is 5.11 Å². The zero-order valence-electron chi connectivity index (χ0n) is 14.3. The van der Waals surface area contributed by atoms with Crippen molar-refractivity contribution in [1.82, 2.24) is 5.32 Å². The average molecular weight is 305 g/mol. The standard InChI is InChI=1S/C16H35NO4/c1-15(2)17-16(3,14-18)8-5-6-10-20-12-13-21-11-7-9-19-4/h15,17-18H,5-14H2,1-4H3. The molecule has 5 nitrogen and oxygen atoms in total. The highest BCUT2D eigenvalue weighted by molar-refractivity contribution is 4.83. The number of aliphatic hydroxyl groups is 1. The van der Waals surface area contributed by atoms with Crippen molar-refractivity contribution in [1.29, 1.82) is 0 Å². The maximum absolute atomic E-state index is 9.48. The number of hydrogen-bond acceptors (Lipinski definition) is 5. The summed E-state index contributed by atoms with van der Waals surface area (Å²) >= 11 is 0. The van der Waals surface area contributed by atoms with E-state index < -0.39 is 0 Å². The average Bonchev–Trinajstić information content (AvgIpc) is 2.44. The van der Waals surface area contributed by atoms with Gasteiger partial charge in [0.05, 0.1) is 19.8 Å². The van der Waals surface area contributed by atoms with Gasteiger partial charge in [0.1, 0.15) is 0 Å². The summed E-state index contributed by atoms with van der Waals surface area (Å²) in [5.41, 5.74) is -0.182. The van der Waals surface area contributed by atoms with Crippen LogP contribution in [-0.2, 0) is 14.2 Å². The smallest absolute Gasteiger partial charge is 0.0700 e. The molecule has 5 heteroatoms. The van der Waals surface area contributed by atoms with E-state index >= 15 is 0 Å². The molecule has 0 heterocycles. The number of nitrogens with one attached hydrogen (secondary N) is 1. The molecule has 0 fully saturated rings. The summed E-state index contributed by atoms with van der Waals surface area (Å²) in [6.07, 6.45) is 3.95. The van der Waals surface area contributed by atoms with Gasteiger partial charge in [-0.05, 0) is 32.6 Å². The van der Waals surface area contributed by atoms with Crippen LogP contribution in [0.4, 0.5) is 0 Å². The summed E-state index contributed by atoms with van der Waals surface area (Å²) in [6, 6.07) is 0.383. The molecule has 0 saturated heterocycles. The molecule has 0 saturated carbocycles. The first-order valence-electron chi connectivity index (χ1n) is 8.07. The van der Waals surface area contributed by atoms with Crippen molar-refractivity contribution in [3.05, 3.63) is 0 Å². The van der Waals surface area contributed by atoms with E-state index in [0.717, 1.165) is 45.5 Å². The molecule has 0 spiro atoms. The van der Waals surface area contributed by atoms with Crippen molar-refractivity contribution < 1.29 is 19.3 Å². The molecule has 0 aliphatic carbocycles. The zero-order chi connectivity index (χ0) is 16.0. The largest absolute Gasteiger partial charge is 0.394 e. The Morgan fingerprint density at radius 1 is 0.952 bits per heavy atom. The second kappa shape index (κ2) is 13.5. The number of methoxy groups -OCH3 is 1. The Morgan fingerprint density at radius 3 is 2.10 bits per heavy atom. The van der Waals surface area contributed by atoms with Crippen molar-refractivity contribution in [3.8, 4) is 0 Å². The summed E-state index contributed by atoms with van der Waals surface area (Å²) in [5, 5.41) is 12.9. The number of aliphatic hydroxyl groups excluding tert-OH is 1. The topological polar surface area (TPSA) is 60.0 Å². The van der Waals surface area contributed by atoms with Gasteiger partial charge in [-0.3, -0.25) is 0 Å². The highest BCUT2D eigenvalue weighted by Gasteiger charge is 2.22. The predicted molar refractivity (Wildman–Crippen MR) is 85.7 cm³/mol. The van der Waals surface area contributed by atoms with Gasteiger partial charge in [0.15, 0.2) is 0 Å². The third-order valence-electron chi connectivity index (χ3n) is 3.26.